The molecule has 0 heterocycles. The minimum atomic E-state index is 0.616. The molecule has 2 aromatic carbocycles. The predicted molar refractivity (Wildman–Crippen MR) is 75.9 cm³/mol. The van der Waals surface area contributed by atoms with E-state index in [1.54, 1.807) is 0 Å². The van der Waals surface area contributed by atoms with E-state index >= 15 is 0 Å². The number of benzene rings is 2. The first kappa shape index (κ1) is 12.5. The first-order chi connectivity index (χ1) is 8.24. The zero-order valence-corrected chi connectivity index (χ0v) is 11.2. The Bertz CT molecular complexity index is 504. The van der Waals surface area contributed by atoms with Crippen LogP contribution in [0.1, 0.15) is 18.9 Å². The molecule has 88 valence electrons. The molecule has 0 aromatic heterocycles. The van der Waals surface area contributed by atoms with Crippen LogP contribution in [0.2, 0.25) is 10.0 Å². The third kappa shape index (κ3) is 2.65. The van der Waals surface area contributed by atoms with Crippen molar-refractivity contribution in [3.63, 3.8) is 0 Å². The lowest BCUT2D eigenvalue weighted by molar-refractivity contribution is 0.924. The van der Waals surface area contributed by atoms with E-state index in [-0.39, 0.29) is 0 Å². The standard InChI is InChI=1S/C15H14Cl2/c1-2-6-11-9-10-13(16)15(17)14(11)12-7-4-3-5-8-12/h3-5,7-10H,2,6H2,1H3. The Balaban J connectivity index is 2.61. The quantitative estimate of drug-likeness (QED) is 0.676. The maximum atomic E-state index is 6.34. The average molecular weight is 265 g/mol. The molecular formula is C15H14Cl2. The highest BCUT2D eigenvalue weighted by atomic mass is 35.5. The van der Waals surface area contributed by atoms with Crippen molar-refractivity contribution in [3.05, 3.63) is 58.1 Å². The number of aryl methyl sites for hydroxylation is 1. The van der Waals surface area contributed by atoms with E-state index in [4.69, 9.17) is 23.2 Å². The fourth-order valence-corrected chi connectivity index (χ4v) is 2.44. The second-order valence-corrected chi connectivity index (χ2v) is 4.80. The third-order valence-corrected chi connectivity index (χ3v) is 3.57. The molecule has 0 saturated carbocycles. The summed E-state index contributed by atoms with van der Waals surface area (Å²) in [6, 6.07) is 14.1. The van der Waals surface area contributed by atoms with Crippen LogP contribution in [-0.4, -0.2) is 0 Å². The molecule has 0 aliphatic rings. The molecular weight excluding hydrogens is 251 g/mol. The molecule has 0 N–H and O–H groups in total. The predicted octanol–water partition coefficient (Wildman–Crippen LogP) is 5.61. The summed E-state index contributed by atoms with van der Waals surface area (Å²) in [6.07, 6.45) is 2.11. The number of halogens is 2. The van der Waals surface area contributed by atoms with Gasteiger partial charge in [-0.05, 0) is 23.6 Å². The molecule has 0 saturated heterocycles. The highest BCUT2D eigenvalue weighted by Crippen LogP contribution is 2.36. The van der Waals surface area contributed by atoms with Gasteiger partial charge in [-0.3, -0.25) is 0 Å². The van der Waals surface area contributed by atoms with Crippen molar-refractivity contribution in [2.45, 2.75) is 19.8 Å². The van der Waals surface area contributed by atoms with Gasteiger partial charge in [0.15, 0.2) is 0 Å². The summed E-state index contributed by atoms with van der Waals surface area (Å²) in [6.45, 7) is 2.16. The fourth-order valence-electron chi connectivity index (χ4n) is 1.99. The van der Waals surface area contributed by atoms with E-state index in [1.165, 1.54) is 5.56 Å². The lowest BCUT2D eigenvalue weighted by Crippen LogP contribution is -1.91. The van der Waals surface area contributed by atoms with Crippen LogP contribution in [0.15, 0.2) is 42.5 Å². The molecule has 2 heteroatoms. The van der Waals surface area contributed by atoms with Gasteiger partial charge in [-0.25, -0.2) is 0 Å². The minimum Gasteiger partial charge on any atom is -0.0827 e. The number of rotatable bonds is 3. The van der Waals surface area contributed by atoms with E-state index in [2.05, 4.69) is 25.1 Å². The van der Waals surface area contributed by atoms with Gasteiger partial charge in [-0.2, -0.15) is 0 Å². The molecule has 0 spiro atoms. The summed E-state index contributed by atoms with van der Waals surface area (Å²) in [4.78, 5) is 0. The number of hydrogen-bond acceptors (Lipinski definition) is 0. The maximum absolute atomic E-state index is 6.34. The van der Waals surface area contributed by atoms with Crippen LogP contribution in [0, 0.1) is 0 Å². The van der Waals surface area contributed by atoms with Crippen molar-refractivity contribution in [3.8, 4) is 11.1 Å². The summed E-state index contributed by atoms with van der Waals surface area (Å²) in [5.41, 5.74) is 3.46. The smallest absolute Gasteiger partial charge is 0.0673 e. The summed E-state index contributed by atoms with van der Waals surface area (Å²) >= 11 is 12.4. The molecule has 2 rings (SSSR count). The molecule has 2 aromatic rings. The largest absolute Gasteiger partial charge is 0.0827 e. The van der Waals surface area contributed by atoms with E-state index in [1.807, 2.05) is 24.3 Å². The van der Waals surface area contributed by atoms with Crippen molar-refractivity contribution in [2.24, 2.45) is 0 Å². The Morgan fingerprint density at radius 1 is 0.941 bits per heavy atom. The van der Waals surface area contributed by atoms with Crippen LogP contribution in [0.25, 0.3) is 11.1 Å². The molecule has 17 heavy (non-hydrogen) atoms. The Kier molecular flexibility index (Phi) is 4.09. The van der Waals surface area contributed by atoms with Gasteiger partial charge in [0.05, 0.1) is 10.0 Å². The SMILES string of the molecule is CCCc1ccc(Cl)c(Cl)c1-c1ccccc1. The summed E-state index contributed by atoms with van der Waals surface area (Å²) in [5.74, 6) is 0. The normalized spacial score (nSPS) is 10.5. The topological polar surface area (TPSA) is 0 Å². The van der Waals surface area contributed by atoms with E-state index < -0.39 is 0 Å². The molecule has 0 aliphatic heterocycles. The second-order valence-electron chi connectivity index (χ2n) is 4.01. The van der Waals surface area contributed by atoms with Crippen molar-refractivity contribution in [1.82, 2.24) is 0 Å². The summed E-state index contributed by atoms with van der Waals surface area (Å²) in [5, 5.41) is 1.27. The van der Waals surface area contributed by atoms with Gasteiger partial charge in [0, 0.05) is 5.56 Å². The zero-order valence-electron chi connectivity index (χ0n) is 9.71. The Labute approximate surface area is 112 Å². The van der Waals surface area contributed by atoms with Crippen molar-refractivity contribution >= 4 is 23.2 Å². The van der Waals surface area contributed by atoms with Crippen LogP contribution < -0.4 is 0 Å². The highest BCUT2D eigenvalue weighted by Gasteiger charge is 2.11. The zero-order chi connectivity index (χ0) is 12.3. The second kappa shape index (κ2) is 5.57. The summed E-state index contributed by atoms with van der Waals surface area (Å²) in [7, 11) is 0. The minimum absolute atomic E-state index is 0.616. The van der Waals surface area contributed by atoms with Crippen molar-refractivity contribution < 1.29 is 0 Å². The van der Waals surface area contributed by atoms with Crippen molar-refractivity contribution in [2.75, 3.05) is 0 Å². The van der Waals surface area contributed by atoms with Gasteiger partial charge in [-0.1, -0.05) is 72.9 Å². The Hall–Kier alpha value is -0.980. The first-order valence-electron chi connectivity index (χ1n) is 5.76. The molecule has 0 amide bonds. The van der Waals surface area contributed by atoms with E-state index in [9.17, 15) is 0 Å². The monoisotopic (exact) mass is 264 g/mol. The molecule has 0 radical (unpaired) electrons. The molecule has 0 unspecified atom stereocenters. The van der Waals surface area contributed by atoms with Crippen LogP contribution in [0.4, 0.5) is 0 Å². The lowest BCUT2D eigenvalue weighted by atomic mass is 9.97. The van der Waals surface area contributed by atoms with Gasteiger partial charge < -0.3 is 0 Å². The molecule has 0 fully saturated rings. The maximum Gasteiger partial charge on any atom is 0.0673 e. The Morgan fingerprint density at radius 3 is 2.29 bits per heavy atom. The van der Waals surface area contributed by atoms with E-state index in [0.717, 1.165) is 24.0 Å². The Morgan fingerprint density at radius 2 is 1.65 bits per heavy atom. The highest BCUT2D eigenvalue weighted by molar-refractivity contribution is 6.43. The van der Waals surface area contributed by atoms with Gasteiger partial charge in [-0.15, -0.1) is 0 Å². The van der Waals surface area contributed by atoms with Gasteiger partial charge in [0.1, 0.15) is 0 Å². The molecule has 0 nitrogen and oxygen atoms in total. The van der Waals surface area contributed by atoms with Gasteiger partial charge in [0.25, 0.3) is 0 Å². The molecule has 0 bridgehead atoms. The molecule has 0 atom stereocenters. The number of hydrogen-bond donors (Lipinski definition) is 0. The van der Waals surface area contributed by atoms with E-state index in [0.29, 0.717) is 10.0 Å². The first-order valence-corrected chi connectivity index (χ1v) is 6.52. The van der Waals surface area contributed by atoms with Gasteiger partial charge in [0.2, 0.25) is 0 Å². The van der Waals surface area contributed by atoms with Crippen molar-refractivity contribution in [1.29, 1.82) is 0 Å². The average Bonchev–Trinajstić information content (AvgIpc) is 2.36. The third-order valence-electron chi connectivity index (χ3n) is 2.76. The van der Waals surface area contributed by atoms with Gasteiger partial charge >= 0.3 is 0 Å². The van der Waals surface area contributed by atoms with Crippen LogP contribution >= 0.6 is 23.2 Å². The fraction of sp³-hybridized carbons (Fsp3) is 0.200. The van der Waals surface area contributed by atoms with Crippen LogP contribution in [-0.2, 0) is 6.42 Å². The summed E-state index contributed by atoms with van der Waals surface area (Å²) < 4.78 is 0. The lowest BCUT2D eigenvalue weighted by Gasteiger charge is -2.12. The molecule has 0 aliphatic carbocycles. The van der Waals surface area contributed by atoms with Crippen LogP contribution in [0.5, 0.6) is 0 Å². The van der Waals surface area contributed by atoms with Crippen LogP contribution in [0.3, 0.4) is 0 Å².